The number of aliphatic carboxylic acids is 1. The standard InChI is InChI=1S/C24H29N3O5S/c1-15(2)32-18-9-10-23(16(3)11-18)33(30,31)26-13-17(4)22(14-26)27-21-8-6-5-7-19(21)20(25-27)12-24(28)29/h5-11,15,17,22H,12-14H2,1-4H3,(H,28,29)/t17-,22+/m1/s1. The molecule has 0 amide bonds. The van der Waals surface area contributed by atoms with E-state index in [1.165, 1.54) is 4.31 Å². The quantitative estimate of drug-likeness (QED) is 0.565. The summed E-state index contributed by atoms with van der Waals surface area (Å²) >= 11 is 0. The van der Waals surface area contributed by atoms with E-state index in [0.717, 1.165) is 10.9 Å². The van der Waals surface area contributed by atoms with Gasteiger partial charge < -0.3 is 9.84 Å². The second-order valence-corrected chi connectivity index (χ2v) is 10.8. The second kappa shape index (κ2) is 8.79. The van der Waals surface area contributed by atoms with Gasteiger partial charge in [0.1, 0.15) is 5.75 Å². The van der Waals surface area contributed by atoms with Gasteiger partial charge >= 0.3 is 5.97 Å². The van der Waals surface area contributed by atoms with Gasteiger partial charge in [0.15, 0.2) is 0 Å². The van der Waals surface area contributed by atoms with Crippen LogP contribution in [0.15, 0.2) is 47.4 Å². The molecule has 1 aliphatic heterocycles. The summed E-state index contributed by atoms with van der Waals surface area (Å²) in [5.74, 6) is -0.304. The number of carboxylic acid groups (broad SMARTS) is 1. The van der Waals surface area contributed by atoms with Crippen LogP contribution in [0.3, 0.4) is 0 Å². The Morgan fingerprint density at radius 2 is 1.94 bits per heavy atom. The molecule has 2 atom stereocenters. The topological polar surface area (TPSA) is 102 Å². The number of para-hydroxylation sites is 1. The molecule has 9 heteroatoms. The molecule has 8 nitrogen and oxygen atoms in total. The third-order valence-corrected chi connectivity index (χ3v) is 7.99. The summed E-state index contributed by atoms with van der Waals surface area (Å²) in [6.45, 7) is 8.25. The van der Waals surface area contributed by atoms with Gasteiger partial charge in [0, 0.05) is 18.5 Å². The fourth-order valence-electron chi connectivity index (χ4n) is 4.50. The Morgan fingerprint density at radius 3 is 2.61 bits per heavy atom. The molecule has 1 fully saturated rings. The number of aromatic nitrogens is 2. The van der Waals surface area contributed by atoms with Crippen molar-refractivity contribution in [2.45, 2.75) is 51.2 Å². The highest BCUT2D eigenvalue weighted by atomic mass is 32.2. The van der Waals surface area contributed by atoms with E-state index in [0.29, 0.717) is 23.6 Å². The molecule has 0 saturated carbocycles. The van der Waals surface area contributed by atoms with Crippen molar-refractivity contribution in [2.24, 2.45) is 5.92 Å². The van der Waals surface area contributed by atoms with Gasteiger partial charge in [0.25, 0.3) is 0 Å². The van der Waals surface area contributed by atoms with Crippen LogP contribution in [0.25, 0.3) is 10.9 Å². The predicted molar refractivity (Wildman–Crippen MR) is 125 cm³/mol. The van der Waals surface area contributed by atoms with Crippen molar-refractivity contribution in [2.75, 3.05) is 13.1 Å². The minimum atomic E-state index is -3.71. The number of rotatable bonds is 7. The molecule has 1 saturated heterocycles. The lowest BCUT2D eigenvalue weighted by atomic mass is 10.1. The fourth-order valence-corrected chi connectivity index (χ4v) is 6.26. The maximum Gasteiger partial charge on any atom is 0.309 e. The Kier molecular flexibility index (Phi) is 6.20. The summed E-state index contributed by atoms with van der Waals surface area (Å²) in [4.78, 5) is 11.6. The van der Waals surface area contributed by atoms with Gasteiger partial charge in [-0.05, 0) is 56.5 Å². The van der Waals surface area contributed by atoms with Crippen LogP contribution in [0.2, 0.25) is 0 Å². The first-order valence-corrected chi connectivity index (χ1v) is 12.5. The summed E-state index contributed by atoms with van der Waals surface area (Å²) in [5.41, 5.74) is 1.94. The summed E-state index contributed by atoms with van der Waals surface area (Å²) in [6.07, 6.45) is -0.178. The maximum absolute atomic E-state index is 13.5. The van der Waals surface area contributed by atoms with Gasteiger partial charge in [-0.1, -0.05) is 25.1 Å². The Labute approximate surface area is 193 Å². The van der Waals surface area contributed by atoms with E-state index in [4.69, 9.17) is 4.74 Å². The Bertz CT molecular complexity index is 1300. The predicted octanol–water partition coefficient (Wildman–Crippen LogP) is 3.64. The fraction of sp³-hybridized carbons (Fsp3) is 0.417. The molecular formula is C24H29N3O5S. The minimum absolute atomic E-state index is 0.00181. The normalized spacial score (nSPS) is 19.4. The molecule has 0 bridgehead atoms. The van der Waals surface area contributed by atoms with Crippen molar-refractivity contribution in [3.63, 3.8) is 0 Å². The lowest BCUT2D eigenvalue weighted by Gasteiger charge is -2.19. The molecule has 33 heavy (non-hydrogen) atoms. The van der Waals surface area contributed by atoms with Crippen LogP contribution in [0.1, 0.15) is 38.1 Å². The minimum Gasteiger partial charge on any atom is -0.491 e. The zero-order chi connectivity index (χ0) is 23.9. The first-order valence-electron chi connectivity index (χ1n) is 11.0. The van der Waals surface area contributed by atoms with Crippen LogP contribution in [0.5, 0.6) is 5.75 Å². The first kappa shape index (κ1) is 23.3. The highest BCUT2D eigenvalue weighted by molar-refractivity contribution is 7.89. The molecular weight excluding hydrogens is 442 g/mol. The molecule has 0 spiro atoms. The molecule has 0 radical (unpaired) electrons. The largest absolute Gasteiger partial charge is 0.491 e. The van der Waals surface area contributed by atoms with Crippen molar-refractivity contribution in [1.82, 2.24) is 14.1 Å². The molecule has 4 rings (SSSR count). The Hall–Kier alpha value is -2.91. The summed E-state index contributed by atoms with van der Waals surface area (Å²) in [5, 5.41) is 14.7. The average molecular weight is 472 g/mol. The number of sulfonamides is 1. The second-order valence-electron chi connectivity index (χ2n) is 8.94. The molecule has 176 valence electrons. The van der Waals surface area contributed by atoms with Crippen LogP contribution < -0.4 is 4.74 Å². The van der Waals surface area contributed by atoms with Crippen LogP contribution in [-0.4, -0.2) is 52.8 Å². The van der Waals surface area contributed by atoms with Gasteiger partial charge in [-0.2, -0.15) is 9.40 Å². The molecule has 2 aromatic carbocycles. The summed E-state index contributed by atoms with van der Waals surface area (Å²) < 4.78 is 36.0. The smallest absolute Gasteiger partial charge is 0.309 e. The Balaban J connectivity index is 1.65. The van der Waals surface area contributed by atoms with E-state index in [9.17, 15) is 18.3 Å². The van der Waals surface area contributed by atoms with Gasteiger partial charge in [-0.15, -0.1) is 0 Å². The van der Waals surface area contributed by atoms with Crippen molar-refractivity contribution in [3.8, 4) is 5.75 Å². The summed E-state index contributed by atoms with van der Waals surface area (Å²) in [6, 6.07) is 12.3. The highest BCUT2D eigenvalue weighted by Crippen LogP contribution is 2.35. The van der Waals surface area contributed by atoms with E-state index in [1.54, 1.807) is 29.8 Å². The summed E-state index contributed by atoms with van der Waals surface area (Å²) in [7, 11) is -3.71. The van der Waals surface area contributed by atoms with Gasteiger partial charge in [0.05, 0.1) is 34.7 Å². The number of benzene rings is 2. The Morgan fingerprint density at radius 1 is 1.21 bits per heavy atom. The molecule has 0 aliphatic carbocycles. The van der Waals surface area contributed by atoms with Crippen molar-refractivity contribution >= 4 is 26.9 Å². The van der Waals surface area contributed by atoms with Gasteiger partial charge in [-0.25, -0.2) is 8.42 Å². The van der Waals surface area contributed by atoms with Crippen molar-refractivity contribution in [1.29, 1.82) is 0 Å². The maximum atomic E-state index is 13.5. The third kappa shape index (κ3) is 4.47. The average Bonchev–Trinajstić information content (AvgIpc) is 3.28. The number of hydrogen-bond donors (Lipinski definition) is 1. The number of hydrogen-bond acceptors (Lipinski definition) is 5. The van der Waals surface area contributed by atoms with E-state index in [1.807, 2.05) is 45.0 Å². The van der Waals surface area contributed by atoms with E-state index in [-0.39, 0.29) is 35.9 Å². The number of fused-ring (bicyclic) bond motifs is 1. The number of ether oxygens (including phenoxy) is 1. The lowest BCUT2D eigenvalue weighted by molar-refractivity contribution is -0.136. The zero-order valence-electron chi connectivity index (χ0n) is 19.2. The first-order chi connectivity index (χ1) is 15.6. The van der Waals surface area contributed by atoms with E-state index < -0.39 is 16.0 Å². The van der Waals surface area contributed by atoms with Gasteiger partial charge in [0.2, 0.25) is 10.0 Å². The monoisotopic (exact) mass is 471 g/mol. The molecule has 3 aromatic rings. The molecule has 0 unspecified atom stereocenters. The van der Waals surface area contributed by atoms with Crippen molar-refractivity contribution < 1.29 is 23.1 Å². The third-order valence-electron chi connectivity index (χ3n) is 6.00. The van der Waals surface area contributed by atoms with Crippen LogP contribution >= 0.6 is 0 Å². The highest BCUT2D eigenvalue weighted by Gasteiger charge is 2.40. The van der Waals surface area contributed by atoms with Crippen LogP contribution in [0.4, 0.5) is 0 Å². The zero-order valence-corrected chi connectivity index (χ0v) is 20.0. The van der Waals surface area contributed by atoms with Gasteiger partial charge in [-0.3, -0.25) is 9.48 Å². The lowest BCUT2D eigenvalue weighted by Crippen LogP contribution is -2.30. The van der Waals surface area contributed by atoms with Crippen molar-refractivity contribution in [3.05, 3.63) is 53.7 Å². The SMILES string of the molecule is Cc1cc(OC(C)C)ccc1S(=O)(=O)N1C[C@@H](C)[C@@H](n2nc(CC(=O)O)c3ccccc32)C1. The van der Waals surface area contributed by atoms with E-state index >= 15 is 0 Å². The van der Waals surface area contributed by atoms with E-state index in [2.05, 4.69) is 5.10 Å². The number of nitrogens with zero attached hydrogens (tertiary/aromatic N) is 3. The molecule has 1 aliphatic rings. The number of carbonyl (C=O) groups is 1. The van der Waals surface area contributed by atoms with Crippen LogP contribution in [-0.2, 0) is 21.2 Å². The molecule has 2 heterocycles. The van der Waals surface area contributed by atoms with Crippen LogP contribution in [0, 0.1) is 12.8 Å². The molecule has 1 aromatic heterocycles. The molecule has 1 N–H and O–H groups in total. The number of aryl methyl sites for hydroxylation is 1. The number of carboxylic acids is 1.